The van der Waals surface area contributed by atoms with Gasteiger partial charge in [-0.25, -0.2) is 13.6 Å². The number of nitrogens with two attached hydrogens (primary N) is 2. The number of rotatable bonds is 3. The lowest BCUT2D eigenvalue weighted by molar-refractivity contribution is 0.593. The van der Waals surface area contributed by atoms with E-state index in [1.165, 1.54) is 0 Å². The Balaban J connectivity index is 3.34. The second-order valence-corrected chi connectivity index (χ2v) is 5.48. The molecule has 4 nitrogen and oxygen atoms in total. The van der Waals surface area contributed by atoms with Crippen molar-refractivity contribution in [2.24, 2.45) is 11.1 Å². The van der Waals surface area contributed by atoms with Crippen molar-refractivity contribution in [2.75, 3.05) is 5.73 Å². The summed E-state index contributed by atoms with van der Waals surface area (Å²) in [6.07, 6.45) is 0.650. The van der Waals surface area contributed by atoms with Crippen LogP contribution in [0.3, 0.4) is 0 Å². The molecule has 0 bridgehead atoms. The van der Waals surface area contributed by atoms with E-state index in [0.29, 0.717) is 17.9 Å². The van der Waals surface area contributed by atoms with Gasteiger partial charge in [0.05, 0.1) is 5.69 Å². The standard InChI is InChI=1S/C10H16N2O2S/c1-7(2)6-8-4-3-5-9(11)10(8)15(12,13)14/h3-5,7H,6,11H2,1-2H3,(H2,12,13,14). The molecule has 0 heterocycles. The summed E-state index contributed by atoms with van der Waals surface area (Å²) >= 11 is 0. The third-order valence-electron chi connectivity index (χ3n) is 2.04. The second-order valence-electron chi connectivity index (χ2n) is 3.98. The molecule has 1 aromatic carbocycles. The molecule has 0 saturated heterocycles. The minimum atomic E-state index is -3.73. The Morgan fingerprint density at radius 1 is 1.33 bits per heavy atom. The van der Waals surface area contributed by atoms with Crippen molar-refractivity contribution >= 4 is 15.7 Å². The third kappa shape index (κ3) is 2.94. The smallest absolute Gasteiger partial charge is 0.240 e. The maximum Gasteiger partial charge on any atom is 0.240 e. The van der Waals surface area contributed by atoms with E-state index < -0.39 is 10.0 Å². The van der Waals surface area contributed by atoms with Gasteiger partial charge >= 0.3 is 0 Å². The first-order valence-electron chi connectivity index (χ1n) is 4.72. The van der Waals surface area contributed by atoms with Crippen LogP contribution < -0.4 is 10.9 Å². The highest BCUT2D eigenvalue weighted by molar-refractivity contribution is 7.89. The Morgan fingerprint density at radius 3 is 2.40 bits per heavy atom. The third-order valence-corrected chi connectivity index (χ3v) is 3.11. The van der Waals surface area contributed by atoms with E-state index in [0.717, 1.165) is 0 Å². The largest absolute Gasteiger partial charge is 0.398 e. The van der Waals surface area contributed by atoms with Gasteiger partial charge in [0.25, 0.3) is 0 Å². The lowest BCUT2D eigenvalue weighted by atomic mass is 10.0. The number of benzene rings is 1. The maximum absolute atomic E-state index is 11.4. The molecule has 0 radical (unpaired) electrons. The molecule has 0 atom stereocenters. The first-order chi connectivity index (χ1) is 6.82. The summed E-state index contributed by atoms with van der Waals surface area (Å²) in [5, 5.41) is 5.13. The van der Waals surface area contributed by atoms with Crippen molar-refractivity contribution in [3.8, 4) is 0 Å². The fraction of sp³-hybridized carbons (Fsp3) is 0.400. The summed E-state index contributed by atoms with van der Waals surface area (Å²) in [6.45, 7) is 4.02. The molecule has 1 aromatic rings. The Labute approximate surface area is 90.3 Å². The van der Waals surface area contributed by atoms with Crippen LogP contribution in [0.5, 0.6) is 0 Å². The van der Waals surface area contributed by atoms with Crippen LogP contribution in [-0.4, -0.2) is 8.42 Å². The zero-order valence-corrected chi connectivity index (χ0v) is 9.71. The molecule has 4 N–H and O–H groups in total. The van der Waals surface area contributed by atoms with E-state index in [1.807, 2.05) is 13.8 Å². The van der Waals surface area contributed by atoms with Crippen molar-refractivity contribution < 1.29 is 8.42 Å². The lowest BCUT2D eigenvalue weighted by Crippen LogP contribution is -2.17. The van der Waals surface area contributed by atoms with Gasteiger partial charge in [-0.1, -0.05) is 26.0 Å². The summed E-state index contributed by atoms with van der Waals surface area (Å²) < 4.78 is 22.7. The normalized spacial score (nSPS) is 12.0. The maximum atomic E-state index is 11.4. The Morgan fingerprint density at radius 2 is 1.93 bits per heavy atom. The first-order valence-corrected chi connectivity index (χ1v) is 6.27. The van der Waals surface area contributed by atoms with Crippen LogP contribution in [0, 0.1) is 5.92 Å². The van der Waals surface area contributed by atoms with Gasteiger partial charge in [-0.2, -0.15) is 0 Å². The van der Waals surface area contributed by atoms with Crippen LogP contribution in [0.1, 0.15) is 19.4 Å². The van der Waals surface area contributed by atoms with Gasteiger partial charge in [0.2, 0.25) is 10.0 Å². The molecule has 0 aliphatic heterocycles. The van der Waals surface area contributed by atoms with Gasteiger partial charge < -0.3 is 5.73 Å². The first kappa shape index (κ1) is 12.0. The molecule has 5 heteroatoms. The summed E-state index contributed by atoms with van der Waals surface area (Å²) in [7, 11) is -3.73. The summed E-state index contributed by atoms with van der Waals surface area (Å²) in [6, 6.07) is 5.03. The van der Waals surface area contributed by atoms with Crippen molar-refractivity contribution in [1.82, 2.24) is 0 Å². The summed E-state index contributed by atoms with van der Waals surface area (Å²) in [5.74, 6) is 0.354. The van der Waals surface area contributed by atoms with Crippen molar-refractivity contribution in [1.29, 1.82) is 0 Å². The van der Waals surface area contributed by atoms with E-state index in [4.69, 9.17) is 10.9 Å². The molecule has 0 aliphatic carbocycles. The summed E-state index contributed by atoms with van der Waals surface area (Å²) in [5.41, 5.74) is 6.53. The van der Waals surface area contributed by atoms with Gasteiger partial charge in [0.15, 0.2) is 0 Å². The molecule has 0 spiro atoms. The number of anilines is 1. The van der Waals surface area contributed by atoms with E-state index in [2.05, 4.69) is 0 Å². The number of hydrogen-bond donors (Lipinski definition) is 2. The molecule has 0 fully saturated rings. The average Bonchev–Trinajstić information content (AvgIpc) is 1.99. The zero-order valence-electron chi connectivity index (χ0n) is 8.90. The van der Waals surface area contributed by atoms with E-state index in [-0.39, 0.29) is 10.6 Å². The molecule has 0 saturated carbocycles. The van der Waals surface area contributed by atoms with Crippen molar-refractivity contribution in [2.45, 2.75) is 25.2 Å². The van der Waals surface area contributed by atoms with Crippen molar-refractivity contribution in [3.05, 3.63) is 23.8 Å². The Kier molecular flexibility index (Phi) is 3.36. The number of primary sulfonamides is 1. The average molecular weight is 228 g/mol. The van der Waals surface area contributed by atoms with E-state index in [9.17, 15) is 8.42 Å². The topological polar surface area (TPSA) is 86.2 Å². The van der Waals surface area contributed by atoms with Gasteiger partial charge in [0.1, 0.15) is 4.90 Å². The zero-order chi connectivity index (χ0) is 11.6. The van der Waals surface area contributed by atoms with Gasteiger partial charge in [-0.3, -0.25) is 0 Å². The fourth-order valence-corrected chi connectivity index (χ4v) is 2.47. The van der Waals surface area contributed by atoms with Gasteiger partial charge in [-0.15, -0.1) is 0 Å². The highest BCUT2D eigenvalue weighted by Crippen LogP contribution is 2.23. The molecule has 1 rings (SSSR count). The number of nitrogen functional groups attached to an aromatic ring is 1. The van der Waals surface area contributed by atoms with Crippen molar-refractivity contribution in [3.63, 3.8) is 0 Å². The molecular formula is C10H16N2O2S. The molecular weight excluding hydrogens is 212 g/mol. The monoisotopic (exact) mass is 228 g/mol. The van der Waals surface area contributed by atoms with Crippen LogP contribution in [0.25, 0.3) is 0 Å². The molecule has 15 heavy (non-hydrogen) atoms. The second kappa shape index (κ2) is 4.20. The van der Waals surface area contributed by atoms with E-state index in [1.54, 1.807) is 18.2 Å². The van der Waals surface area contributed by atoms with Crippen LogP contribution in [-0.2, 0) is 16.4 Å². The SMILES string of the molecule is CC(C)Cc1cccc(N)c1S(N)(=O)=O. The lowest BCUT2D eigenvalue weighted by Gasteiger charge is -2.11. The molecule has 0 aliphatic rings. The number of hydrogen-bond acceptors (Lipinski definition) is 3. The fourth-order valence-electron chi connectivity index (χ4n) is 1.55. The Bertz CT molecular complexity index is 452. The predicted octanol–water partition coefficient (Wildman–Crippen LogP) is 1.11. The Hall–Kier alpha value is -1.07. The van der Waals surface area contributed by atoms with Crippen LogP contribution in [0.4, 0.5) is 5.69 Å². The molecule has 0 amide bonds. The molecule has 84 valence electrons. The number of sulfonamides is 1. The summed E-state index contributed by atoms with van der Waals surface area (Å²) in [4.78, 5) is 0.0682. The highest BCUT2D eigenvalue weighted by atomic mass is 32.2. The van der Waals surface area contributed by atoms with Crippen LogP contribution >= 0.6 is 0 Å². The van der Waals surface area contributed by atoms with Crippen LogP contribution in [0.15, 0.2) is 23.1 Å². The highest BCUT2D eigenvalue weighted by Gasteiger charge is 2.17. The predicted molar refractivity (Wildman–Crippen MR) is 60.8 cm³/mol. The van der Waals surface area contributed by atoms with E-state index >= 15 is 0 Å². The van der Waals surface area contributed by atoms with Gasteiger partial charge in [0, 0.05) is 0 Å². The quantitative estimate of drug-likeness (QED) is 0.760. The molecule has 0 unspecified atom stereocenters. The minimum Gasteiger partial charge on any atom is -0.398 e. The molecule has 0 aromatic heterocycles. The van der Waals surface area contributed by atoms with Gasteiger partial charge in [-0.05, 0) is 24.0 Å². The van der Waals surface area contributed by atoms with Crippen LogP contribution in [0.2, 0.25) is 0 Å². The minimum absolute atomic E-state index is 0.0682.